The Morgan fingerprint density at radius 1 is 1.22 bits per heavy atom. The number of phenolic OH excluding ortho intramolecular Hbond substituents is 1. The van der Waals surface area contributed by atoms with Crippen LogP contribution in [0.5, 0.6) is 5.75 Å². The van der Waals surface area contributed by atoms with Crippen molar-refractivity contribution in [1.29, 1.82) is 0 Å². The first-order valence-electron chi connectivity index (χ1n) is 6.99. The Morgan fingerprint density at radius 2 is 2.00 bits per heavy atom. The molecule has 1 heterocycles. The van der Waals surface area contributed by atoms with Gasteiger partial charge in [-0.3, -0.25) is 0 Å². The highest BCUT2D eigenvalue weighted by Crippen LogP contribution is 2.36. The monoisotopic (exact) mass is 246 g/mol. The van der Waals surface area contributed by atoms with Crippen molar-refractivity contribution in [1.82, 2.24) is 10.2 Å². The van der Waals surface area contributed by atoms with E-state index < -0.39 is 0 Å². The molecule has 1 aromatic carbocycles. The summed E-state index contributed by atoms with van der Waals surface area (Å²) < 4.78 is 0. The van der Waals surface area contributed by atoms with Gasteiger partial charge < -0.3 is 15.3 Å². The molecule has 1 unspecified atom stereocenters. The Morgan fingerprint density at radius 3 is 2.78 bits per heavy atom. The summed E-state index contributed by atoms with van der Waals surface area (Å²) in [6, 6.07) is 7.01. The van der Waals surface area contributed by atoms with E-state index in [4.69, 9.17) is 0 Å². The van der Waals surface area contributed by atoms with Crippen molar-refractivity contribution in [3.05, 3.63) is 29.3 Å². The van der Waals surface area contributed by atoms with E-state index in [1.54, 1.807) is 6.07 Å². The molecule has 0 aromatic heterocycles. The summed E-state index contributed by atoms with van der Waals surface area (Å²) in [6.45, 7) is 2.38. The molecule has 1 atom stereocenters. The molecular weight excluding hydrogens is 224 g/mol. The van der Waals surface area contributed by atoms with Gasteiger partial charge in [-0.25, -0.2) is 0 Å². The minimum absolute atomic E-state index is 0.445. The predicted octanol–water partition coefficient (Wildman–Crippen LogP) is 2.06. The Labute approximate surface area is 109 Å². The maximum Gasteiger partial charge on any atom is 0.119 e. The molecule has 98 valence electrons. The average Bonchev–Trinajstić information content (AvgIpc) is 2.77. The van der Waals surface area contributed by atoms with Crippen LogP contribution in [-0.2, 0) is 6.42 Å². The highest BCUT2D eigenvalue weighted by atomic mass is 16.3. The molecule has 0 saturated carbocycles. The normalized spacial score (nSPS) is 25.3. The van der Waals surface area contributed by atoms with Crippen LogP contribution in [-0.4, -0.2) is 36.2 Å². The van der Waals surface area contributed by atoms with E-state index in [0.29, 0.717) is 17.8 Å². The molecule has 3 rings (SSSR count). The van der Waals surface area contributed by atoms with Crippen LogP contribution in [0, 0.1) is 0 Å². The molecule has 2 aliphatic rings. The van der Waals surface area contributed by atoms with Gasteiger partial charge in [0.05, 0.1) is 0 Å². The zero-order valence-corrected chi connectivity index (χ0v) is 11.0. The quantitative estimate of drug-likeness (QED) is 0.838. The molecular formula is C15H22N2O. The maximum absolute atomic E-state index is 9.86. The lowest BCUT2D eigenvalue weighted by Crippen LogP contribution is -2.41. The fourth-order valence-electron chi connectivity index (χ4n) is 3.27. The van der Waals surface area contributed by atoms with Gasteiger partial charge in [-0.2, -0.15) is 0 Å². The first-order valence-corrected chi connectivity index (χ1v) is 6.99. The van der Waals surface area contributed by atoms with Crippen molar-refractivity contribution in [2.24, 2.45) is 0 Å². The summed E-state index contributed by atoms with van der Waals surface area (Å²) in [4.78, 5) is 2.40. The number of nitrogens with zero attached hydrogens (tertiary/aromatic N) is 1. The molecule has 18 heavy (non-hydrogen) atoms. The fourth-order valence-corrected chi connectivity index (χ4v) is 3.27. The molecule has 0 amide bonds. The number of piperidine rings is 1. The number of benzene rings is 1. The molecule has 1 aliphatic heterocycles. The van der Waals surface area contributed by atoms with Crippen LogP contribution in [0.1, 0.15) is 36.4 Å². The Kier molecular flexibility index (Phi) is 3.27. The highest BCUT2D eigenvalue weighted by Gasteiger charge is 2.27. The van der Waals surface area contributed by atoms with Crippen molar-refractivity contribution in [3.8, 4) is 5.75 Å². The van der Waals surface area contributed by atoms with Crippen LogP contribution in [0.15, 0.2) is 18.2 Å². The number of hydrogen-bond donors (Lipinski definition) is 2. The summed E-state index contributed by atoms with van der Waals surface area (Å²) >= 11 is 0. The molecule has 3 heteroatoms. The van der Waals surface area contributed by atoms with Crippen molar-refractivity contribution in [3.63, 3.8) is 0 Å². The van der Waals surface area contributed by atoms with Gasteiger partial charge in [0.25, 0.3) is 0 Å². The van der Waals surface area contributed by atoms with Crippen LogP contribution in [0.25, 0.3) is 0 Å². The minimum Gasteiger partial charge on any atom is -0.508 e. The van der Waals surface area contributed by atoms with Gasteiger partial charge in [-0.05, 0) is 63.0 Å². The van der Waals surface area contributed by atoms with Gasteiger partial charge >= 0.3 is 0 Å². The smallest absolute Gasteiger partial charge is 0.119 e. The van der Waals surface area contributed by atoms with Crippen LogP contribution in [0.2, 0.25) is 0 Å². The van der Waals surface area contributed by atoms with E-state index in [0.717, 1.165) is 18.4 Å². The van der Waals surface area contributed by atoms with Crippen LogP contribution in [0.3, 0.4) is 0 Å². The van der Waals surface area contributed by atoms with Gasteiger partial charge in [0, 0.05) is 12.1 Å². The van der Waals surface area contributed by atoms with Crippen LogP contribution >= 0.6 is 0 Å². The van der Waals surface area contributed by atoms with Crippen molar-refractivity contribution in [2.45, 2.75) is 37.8 Å². The second kappa shape index (κ2) is 4.90. The Balaban J connectivity index is 1.68. The third-order valence-corrected chi connectivity index (χ3v) is 4.40. The van der Waals surface area contributed by atoms with E-state index in [9.17, 15) is 5.11 Å². The second-order valence-electron chi connectivity index (χ2n) is 5.68. The number of rotatable bonds is 2. The minimum atomic E-state index is 0.445. The number of hydrogen-bond acceptors (Lipinski definition) is 3. The summed E-state index contributed by atoms with van der Waals surface area (Å²) in [6.07, 6.45) is 4.61. The lowest BCUT2D eigenvalue weighted by atomic mass is 10.0. The van der Waals surface area contributed by atoms with Gasteiger partial charge in [-0.15, -0.1) is 0 Å². The van der Waals surface area contributed by atoms with E-state index in [-0.39, 0.29) is 0 Å². The van der Waals surface area contributed by atoms with E-state index in [1.165, 1.54) is 31.5 Å². The molecule has 3 nitrogen and oxygen atoms in total. The number of likely N-dealkylation sites (tertiary alicyclic amines) is 1. The van der Waals surface area contributed by atoms with Crippen molar-refractivity contribution in [2.75, 3.05) is 20.1 Å². The number of fused-ring (bicyclic) bond motifs is 1. The third kappa shape index (κ3) is 2.25. The summed E-state index contributed by atoms with van der Waals surface area (Å²) in [5.41, 5.74) is 2.47. The van der Waals surface area contributed by atoms with Crippen molar-refractivity contribution >= 4 is 0 Å². The van der Waals surface area contributed by atoms with Gasteiger partial charge in [0.1, 0.15) is 5.75 Å². The third-order valence-electron chi connectivity index (χ3n) is 4.40. The molecule has 1 aliphatic carbocycles. The lowest BCUT2D eigenvalue weighted by Gasteiger charge is -2.31. The van der Waals surface area contributed by atoms with Gasteiger partial charge in [0.2, 0.25) is 0 Å². The number of phenols is 1. The van der Waals surface area contributed by atoms with E-state index in [1.807, 2.05) is 6.07 Å². The van der Waals surface area contributed by atoms with Gasteiger partial charge in [0.15, 0.2) is 0 Å². The number of nitrogens with one attached hydrogen (secondary N) is 1. The molecule has 1 aromatic rings. The highest BCUT2D eigenvalue weighted by molar-refractivity contribution is 5.44. The molecule has 0 radical (unpaired) electrons. The summed E-state index contributed by atoms with van der Waals surface area (Å²) in [7, 11) is 2.19. The second-order valence-corrected chi connectivity index (χ2v) is 5.68. The standard InChI is InChI=1S/C15H22N2O/c1-17-9-7-11(8-10-17)16-14-6-5-13-12(14)3-2-4-15(13)18/h2-4,11,14,16,18H,5-10H2,1H3. The molecule has 0 spiro atoms. The zero-order chi connectivity index (χ0) is 12.5. The lowest BCUT2D eigenvalue weighted by molar-refractivity contribution is 0.224. The van der Waals surface area contributed by atoms with Gasteiger partial charge in [-0.1, -0.05) is 12.1 Å². The van der Waals surface area contributed by atoms with Crippen LogP contribution in [0.4, 0.5) is 0 Å². The maximum atomic E-state index is 9.86. The summed E-state index contributed by atoms with van der Waals surface area (Å²) in [5, 5.41) is 13.6. The molecule has 1 saturated heterocycles. The molecule has 1 fully saturated rings. The van der Waals surface area contributed by atoms with Crippen molar-refractivity contribution < 1.29 is 5.11 Å². The van der Waals surface area contributed by atoms with E-state index >= 15 is 0 Å². The first-order chi connectivity index (χ1) is 8.74. The molecule has 2 N–H and O–H groups in total. The fraction of sp³-hybridized carbons (Fsp3) is 0.600. The topological polar surface area (TPSA) is 35.5 Å². The molecule has 0 bridgehead atoms. The zero-order valence-electron chi connectivity index (χ0n) is 11.0. The van der Waals surface area contributed by atoms with E-state index in [2.05, 4.69) is 23.3 Å². The Bertz CT molecular complexity index is 425. The summed E-state index contributed by atoms with van der Waals surface area (Å²) in [5.74, 6) is 0.472. The Hall–Kier alpha value is -1.06. The number of aromatic hydroxyl groups is 1. The average molecular weight is 246 g/mol. The van der Waals surface area contributed by atoms with Crippen LogP contribution < -0.4 is 5.32 Å². The predicted molar refractivity (Wildman–Crippen MR) is 72.8 cm³/mol. The largest absolute Gasteiger partial charge is 0.508 e. The SMILES string of the molecule is CN1CCC(NC2CCc3c(O)cccc32)CC1. The first kappa shape index (κ1) is 12.0.